The van der Waals surface area contributed by atoms with E-state index < -0.39 is 24.1 Å². The lowest BCUT2D eigenvalue weighted by Gasteiger charge is -2.15. The number of rotatable bonds is 6. The number of thioether (sulfide) groups is 1. The van der Waals surface area contributed by atoms with Crippen molar-refractivity contribution in [1.82, 2.24) is 10.6 Å². The Morgan fingerprint density at radius 3 is 2.56 bits per heavy atom. The lowest BCUT2D eigenvalue weighted by atomic mass is 10.2. The molecule has 0 heterocycles. The highest BCUT2D eigenvalue weighted by atomic mass is 32.2. The Labute approximate surface area is 99.4 Å². The van der Waals surface area contributed by atoms with Gasteiger partial charge in [-0.1, -0.05) is 5.92 Å². The molecule has 0 aliphatic carbocycles. The third-order valence-electron chi connectivity index (χ3n) is 1.81. The molecule has 6 heteroatoms. The van der Waals surface area contributed by atoms with Gasteiger partial charge in [0.2, 0.25) is 0 Å². The topological polar surface area (TPSA) is 78.4 Å². The lowest BCUT2D eigenvalue weighted by molar-refractivity contribution is -0.139. The van der Waals surface area contributed by atoms with Gasteiger partial charge in [-0.15, -0.1) is 6.42 Å². The fraction of sp³-hybridized carbons (Fsp3) is 0.600. The van der Waals surface area contributed by atoms with E-state index in [-0.39, 0.29) is 0 Å². The number of carboxylic acids is 1. The molecule has 0 aromatic rings. The number of urea groups is 1. The third-order valence-corrected chi connectivity index (χ3v) is 2.46. The lowest BCUT2D eigenvalue weighted by Crippen LogP contribution is -2.48. The molecule has 3 N–H and O–H groups in total. The van der Waals surface area contributed by atoms with Gasteiger partial charge in [-0.05, 0) is 25.4 Å². The van der Waals surface area contributed by atoms with E-state index in [0.717, 1.165) is 0 Å². The van der Waals surface area contributed by atoms with E-state index in [1.807, 2.05) is 6.26 Å². The maximum atomic E-state index is 11.3. The van der Waals surface area contributed by atoms with Gasteiger partial charge < -0.3 is 15.7 Å². The molecule has 5 nitrogen and oxygen atoms in total. The number of hydrogen-bond donors (Lipinski definition) is 3. The number of hydrogen-bond acceptors (Lipinski definition) is 3. The molecule has 2 atom stereocenters. The van der Waals surface area contributed by atoms with Crippen LogP contribution in [-0.2, 0) is 4.79 Å². The Morgan fingerprint density at radius 2 is 2.12 bits per heavy atom. The Hall–Kier alpha value is -1.35. The summed E-state index contributed by atoms with van der Waals surface area (Å²) in [5.74, 6) is 1.94. The van der Waals surface area contributed by atoms with Crippen molar-refractivity contribution in [2.75, 3.05) is 12.0 Å². The first-order valence-electron chi connectivity index (χ1n) is 4.76. The summed E-state index contributed by atoms with van der Waals surface area (Å²) in [5, 5.41) is 13.6. The number of aliphatic carboxylic acids is 1. The summed E-state index contributed by atoms with van der Waals surface area (Å²) in [4.78, 5) is 22.1. The van der Waals surface area contributed by atoms with Gasteiger partial charge >= 0.3 is 12.0 Å². The number of amides is 2. The van der Waals surface area contributed by atoms with E-state index in [9.17, 15) is 9.59 Å². The zero-order valence-electron chi connectivity index (χ0n) is 9.32. The number of carbonyl (C=O) groups excluding carboxylic acids is 1. The van der Waals surface area contributed by atoms with E-state index in [2.05, 4.69) is 16.6 Å². The minimum absolute atomic E-state index is 0.383. The van der Waals surface area contributed by atoms with Crippen molar-refractivity contribution in [3.8, 4) is 12.3 Å². The molecule has 16 heavy (non-hydrogen) atoms. The van der Waals surface area contributed by atoms with E-state index in [1.165, 1.54) is 11.8 Å². The fourth-order valence-electron chi connectivity index (χ4n) is 0.931. The maximum absolute atomic E-state index is 11.3. The van der Waals surface area contributed by atoms with Gasteiger partial charge in [-0.2, -0.15) is 11.8 Å². The molecule has 0 spiro atoms. The van der Waals surface area contributed by atoms with E-state index in [0.29, 0.717) is 12.2 Å². The highest BCUT2D eigenvalue weighted by Crippen LogP contribution is 2.00. The first-order chi connectivity index (χ1) is 7.51. The van der Waals surface area contributed by atoms with Crippen LogP contribution in [0.5, 0.6) is 0 Å². The predicted molar refractivity (Wildman–Crippen MR) is 64.4 cm³/mol. The minimum Gasteiger partial charge on any atom is -0.480 e. The van der Waals surface area contributed by atoms with Crippen LogP contribution < -0.4 is 10.6 Å². The quantitative estimate of drug-likeness (QED) is 0.595. The molecule has 0 radical (unpaired) electrons. The number of nitrogens with one attached hydrogen (secondary N) is 2. The molecule has 0 aromatic heterocycles. The van der Waals surface area contributed by atoms with Gasteiger partial charge in [0.25, 0.3) is 0 Å². The Balaban J connectivity index is 4.14. The second kappa shape index (κ2) is 7.88. The first-order valence-corrected chi connectivity index (χ1v) is 6.15. The van der Waals surface area contributed by atoms with Crippen molar-refractivity contribution in [3.05, 3.63) is 0 Å². The number of carboxylic acid groups (broad SMARTS) is 1. The molecular formula is C10H16N2O3S. The second-order valence-corrected chi connectivity index (χ2v) is 4.16. The van der Waals surface area contributed by atoms with Crippen molar-refractivity contribution in [2.45, 2.75) is 25.4 Å². The van der Waals surface area contributed by atoms with Gasteiger partial charge in [0.05, 0.1) is 6.04 Å². The van der Waals surface area contributed by atoms with Crippen LogP contribution in [0.2, 0.25) is 0 Å². The predicted octanol–water partition coefficient (Wildman–Crippen LogP) is 0.514. The Morgan fingerprint density at radius 1 is 1.50 bits per heavy atom. The van der Waals surface area contributed by atoms with Crippen molar-refractivity contribution < 1.29 is 14.7 Å². The molecule has 0 aliphatic rings. The zero-order chi connectivity index (χ0) is 12.6. The van der Waals surface area contributed by atoms with Gasteiger partial charge in [0.15, 0.2) is 0 Å². The van der Waals surface area contributed by atoms with E-state index in [4.69, 9.17) is 11.5 Å². The van der Waals surface area contributed by atoms with Gasteiger partial charge in [-0.25, -0.2) is 9.59 Å². The summed E-state index contributed by atoms with van der Waals surface area (Å²) < 4.78 is 0. The smallest absolute Gasteiger partial charge is 0.326 e. The van der Waals surface area contributed by atoms with Crippen LogP contribution in [0.4, 0.5) is 4.79 Å². The molecule has 2 amide bonds. The molecule has 0 fully saturated rings. The summed E-state index contributed by atoms with van der Waals surface area (Å²) in [7, 11) is 0. The summed E-state index contributed by atoms with van der Waals surface area (Å²) >= 11 is 1.53. The summed E-state index contributed by atoms with van der Waals surface area (Å²) in [5.41, 5.74) is 0. The molecule has 0 saturated carbocycles. The summed E-state index contributed by atoms with van der Waals surface area (Å²) in [6, 6.07) is -1.86. The normalized spacial score (nSPS) is 13.3. The SMILES string of the molecule is C#CC(C)NC(=O)N[C@@H](CCSC)C(=O)O. The maximum Gasteiger partial charge on any atom is 0.326 e. The van der Waals surface area contributed by atoms with Crippen LogP contribution in [-0.4, -0.2) is 41.2 Å². The van der Waals surface area contributed by atoms with Crippen LogP contribution in [0.1, 0.15) is 13.3 Å². The molecule has 1 unspecified atom stereocenters. The molecule has 90 valence electrons. The largest absolute Gasteiger partial charge is 0.480 e. The van der Waals surface area contributed by atoms with Crippen LogP contribution in [0.25, 0.3) is 0 Å². The van der Waals surface area contributed by atoms with Crippen LogP contribution in [0, 0.1) is 12.3 Å². The Kier molecular flexibility index (Phi) is 7.21. The molecule has 0 aliphatic heterocycles. The summed E-state index contributed by atoms with van der Waals surface area (Å²) in [6.45, 7) is 1.64. The second-order valence-electron chi connectivity index (χ2n) is 3.18. The minimum atomic E-state index is -1.04. The summed E-state index contributed by atoms with van der Waals surface area (Å²) in [6.07, 6.45) is 7.34. The number of carbonyl (C=O) groups is 2. The standard InChI is InChI=1S/C10H16N2O3S/c1-4-7(2)11-10(15)12-8(9(13)14)5-6-16-3/h1,7-8H,5-6H2,2-3H3,(H,13,14)(H2,11,12,15)/t7?,8-/m0/s1. The van der Waals surface area contributed by atoms with E-state index >= 15 is 0 Å². The van der Waals surface area contributed by atoms with Gasteiger partial charge in [0, 0.05) is 0 Å². The molecular weight excluding hydrogens is 228 g/mol. The van der Waals surface area contributed by atoms with Crippen molar-refractivity contribution >= 4 is 23.8 Å². The van der Waals surface area contributed by atoms with Crippen LogP contribution >= 0.6 is 11.8 Å². The van der Waals surface area contributed by atoms with Crippen LogP contribution in [0.15, 0.2) is 0 Å². The molecule has 0 saturated heterocycles. The van der Waals surface area contributed by atoms with E-state index in [1.54, 1.807) is 6.92 Å². The average Bonchev–Trinajstić information content (AvgIpc) is 2.23. The van der Waals surface area contributed by atoms with Crippen LogP contribution in [0.3, 0.4) is 0 Å². The molecule has 0 aromatic carbocycles. The number of terminal acetylenes is 1. The zero-order valence-corrected chi connectivity index (χ0v) is 10.1. The van der Waals surface area contributed by atoms with Crippen molar-refractivity contribution in [3.63, 3.8) is 0 Å². The van der Waals surface area contributed by atoms with Crippen molar-refractivity contribution in [2.24, 2.45) is 0 Å². The third kappa shape index (κ3) is 6.19. The average molecular weight is 244 g/mol. The highest BCUT2D eigenvalue weighted by Gasteiger charge is 2.19. The first kappa shape index (κ1) is 14.6. The highest BCUT2D eigenvalue weighted by molar-refractivity contribution is 7.98. The van der Waals surface area contributed by atoms with Crippen molar-refractivity contribution in [1.29, 1.82) is 0 Å². The van der Waals surface area contributed by atoms with Gasteiger partial charge in [0.1, 0.15) is 6.04 Å². The monoisotopic (exact) mass is 244 g/mol. The van der Waals surface area contributed by atoms with Gasteiger partial charge in [-0.3, -0.25) is 0 Å². The molecule has 0 bridgehead atoms. The fourth-order valence-corrected chi connectivity index (χ4v) is 1.40. The Bertz CT molecular complexity index is 288. The molecule has 0 rings (SSSR count).